The SMILES string of the molecule is Fc1cc(Cl)c(OCC2CC2)c(C2CCNCC2)c1. The van der Waals surface area contributed by atoms with E-state index in [0.717, 1.165) is 31.5 Å². The Bertz CT molecular complexity index is 456. The molecular formula is C15H19ClFNO. The van der Waals surface area contributed by atoms with Gasteiger partial charge >= 0.3 is 0 Å². The summed E-state index contributed by atoms with van der Waals surface area (Å²) in [4.78, 5) is 0. The summed E-state index contributed by atoms with van der Waals surface area (Å²) in [5.74, 6) is 1.46. The first-order chi connectivity index (χ1) is 9.24. The summed E-state index contributed by atoms with van der Waals surface area (Å²) in [6, 6.07) is 2.96. The van der Waals surface area contributed by atoms with E-state index in [4.69, 9.17) is 16.3 Å². The minimum absolute atomic E-state index is 0.266. The second-order valence-electron chi connectivity index (χ2n) is 5.58. The van der Waals surface area contributed by atoms with E-state index in [9.17, 15) is 4.39 Å². The Labute approximate surface area is 118 Å². The van der Waals surface area contributed by atoms with Crippen LogP contribution < -0.4 is 10.1 Å². The van der Waals surface area contributed by atoms with E-state index in [-0.39, 0.29) is 5.82 Å². The van der Waals surface area contributed by atoms with E-state index in [1.165, 1.54) is 18.9 Å². The van der Waals surface area contributed by atoms with E-state index >= 15 is 0 Å². The summed E-state index contributed by atoms with van der Waals surface area (Å²) in [5.41, 5.74) is 0.951. The minimum atomic E-state index is -0.266. The molecule has 0 bridgehead atoms. The van der Waals surface area contributed by atoms with Crippen molar-refractivity contribution in [1.29, 1.82) is 0 Å². The summed E-state index contributed by atoms with van der Waals surface area (Å²) in [6.07, 6.45) is 4.50. The third-order valence-electron chi connectivity index (χ3n) is 3.98. The van der Waals surface area contributed by atoms with Gasteiger partial charge in [0.05, 0.1) is 11.6 Å². The molecule has 0 unspecified atom stereocenters. The van der Waals surface area contributed by atoms with Crippen molar-refractivity contribution in [2.24, 2.45) is 5.92 Å². The van der Waals surface area contributed by atoms with Crippen LogP contribution in [0.5, 0.6) is 5.75 Å². The number of nitrogens with one attached hydrogen (secondary N) is 1. The second-order valence-corrected chi connectivity index (χ2v) is 5.99. The highest BCUT2D eigenvalue weighted by Gasteiger charge is 2.25. The number of hydrogen-bond donors (Lipinski definition) is 1. The zero-order valence-corrected chi connectivity index (χ0v) is 11.7. The van der Waals surface area contributed by atoms with Crippen LogP contribution in [-0.4, -0.2) is 19.7 Å². The molecule has 2 fully saturated rings. The average molecular weight is 284 g/mol. The lowest BCUT2D eigenvalue weighted by molar-refractivity contribution is 0.292. The van der Waals surface area contributed by atoms with Crippen LogP contribution >= 0.6 is 11.6 Å². The molecule has 1 aromatic carbocycles. The Kier molecular flexibility index (Phi) is 3.94. The average Bonchev–Trinajstić information content (AvgIpc) is 3.22. The summed E-state index contributed by atoms with van der Waals surface area (Å²) in [5, 5.41) is 3.74. The molecular weight excluding hydrogens is 265 g/mol. The molecule has 0 amide bonds. The van der Waals surface area contributed by atoms with Crippen molar-refractivity contribution in [1.82, 2.24) is 5.32 Å². The molecule has 0 spiro atoms. The summed E-state index contributed by atoms with van der Waals surface area (Å²) in [7, 11) is 0. The molecule has 2 aliphatic rings. The molecule has 4 heteroatoms. The third kappa shape index (κ3) is 3.21. The van der Waals surface area contributed by atoms with E-state index < -0.39 is 0 Å². The van der Waals surface area contributed by atoms with Crippen LogP contribution in [0.2, 0.25) is 5.02 Å². The minimum Gasteiger partial charge on any atom is -0.491 e. The maximum atomic E-state index is 13.6. The molecule has 19 heavy (non-hydrogen) atoms. The normalized spacial score (nSPS) is 20.5. The number of ether oxygens (including phenoxy) is 1. The molecule has 1 saturated carbocycles. The molecule has 1 aliphatic carbocycles. The van der Waals surface area contributed by atoms with Gasteiger partial charge in [-0.05, 0) is 62.7 Å². The van der Waals surface area contributed by atoms with Gasteiger partial charge < -0.3 is 10.1 Å². The Morgan fingerprint density at radius 3 is 2.63 bits per heavy atom. The lowest BCUT2D eigenvalue weighted by atomic mass is 9.89. The largest absolute Gasteiger partial charge is 0.491 e. The van der Waals surface area contributed by atoms with Crippen LogP contribution in [0, 0.1) is 11.7 Å². The zero-order chi connectivity index (χ0) is 13.2. The van der Waals surface area contributed by atoms with Gasteiger partial charge in [0.2, 0.25) is 0 Å². The van der Waals surface area contributed by atoms with Gasteiger partial charge in [-0.1, -0.05) is 11.6 Å². The standard InChI is InChI=1S/C15H19ClFNO/c16-14-8-12(17)7-13(11-3-5-18-6-4-11)15(14)19-9-10-1-2-10/h7-8,10-11,18H,1-6,9H2. The van der Waals surface area contributed by atoms with Crippen molar-refractivity contribution in [3.63, 3.8) is 0 Å². The predicted octanol–water partition coefficient (Wildman–Crippen LogP) is 3.73. The van der Waals surface area contributed by atoms with Crippen molar-refractivity contribution in [2.45, 2.75) is 31.6 Å². The molecule has 1 saturated heterocycles. The molecule has 1 aliphatic heterocycles. The number of piperidine rings is 1. The number of halogens is 2. The van der Waals surface area contributed by atoms with E-state index in [1.54, 1.807) is 6.07 Å². The molecule has 104 valence electrons. The fourth-order valence-electron chi connectivity index (χ4n) is 2.65. The van der Waals surface area contributed by atoms with Crippen molar-refractivity contribution < 1.29 is 9.13 Å². The predicted molar refractivity (Wildman–Crippen MR) is 74.5 cm³/mol. The highest BCUT2D eigenvalue weighted by molar-refractivity contribution is 6.32. The van der Waals surface area contributed by atoms with Gasteiger partial charge in [-0.15, -0.1) is 0 Å². The number of benzene rings is 1. The highest BCUT2D eigenvalue weighted by atomic mass is 35.5. The first-order valence-corrected chi connectivity index (χ1v) is 7.44. The summed E-state index contributed by atoms with van der Waals surface area (Å²) in [6.45, 7) is 2.66. The van der Waals surface area contributed by atoms with Crippen LogP contribution in [0.1, 0.15) is 37.2 Å². The summed E-state index contributed by atoms with van der Waals surface area (Å²) < 4.78 is 19.5. The van der Waals surface area contributed by atoms with E-state index in [1.807, 2.05) is 0 Å². The van der Waals surface area contributed by atoms with Crippen LogP contribution in [0.4, 0.5) is 4.39 Å². The van der Waals surface area contributed by atoms with Crippen LogP contribution in [0.15, 0.2) is 12.1 Å². The maximum Gasteiger partial charge on any atom is 0.141 e. The molecule has 2 nitrogen and oxygen atoms in total. The van der Waals surface area contributed by atoms with Gasteiger partial charge in [0, 0.05) is 5.56 Å². The van der Waals surface area contributed by atoms with Gasteiger partial charge in [0.25, 0.3) is 0 Å². The Morgan fingerprint density at radius 2 is 1.95 bits per heavy atom. The van der Waals surface area contributed by atoms with Crippen molar-refractivity contribution in [3.05, 3.63) is 28.5 Å². The first-order valence-electron chi connectivity index (χ1n) is 7.06. The lowest BCUT2D eigenvalue weighted by Gasteiger charge is -2.25. The molecule has 3 rings (SSSR count). The molecule has 1 N–H and O–H groups in total. The van der Waals surface area contributed by atoms with E-state index in [2.05, 4.69) is 5.32 Å². The first kappa shape index (κ1) is 13.2. The van der Waals surface area contributed by atoms with Crippen molar-refractivity contribution in [3.8, 4) is 5.75 Å². The Hall–Kier alpha value is -0.800. The van der Waals surface area contributed by atoms with Crippen molar-refractivity contribution in [2.75, 3.05) is 19.7 Å². The van der Waals surface area contributed by atoms with Gasteiger partial charge in [-0.2, -0.15) is 0 Å². The number of rotatable bonds is 4. The fourth-order valence-corrected chi connectivity index (χ4v) is 2.92. The molecule has 0 atom stereocenters. The third-order valence-corrected chi connectivity index (χ3v) is 4.26. The molecule has 1 aromatic rings. The topological polar surface area (TPSA) is 21.3 Å². The smallest absolute Gasteiger partial charge is 0.141 e. The van der Waals surface area contributed by atoms with Gasteiger partial charge in [0.1, 0.15) is 11.6 Å². The molecule has 0 radical (unpaired) electrons. The van der Waals surface area contributed by atoms with Gasteiger partial charge in [0.15, 0.2) is 0 Å². The van der Waals surface area contributed by atoms with E-state index in [0.29, 0.717) is 29.2 Å². The number of hydrogen-bond acceptors (Lipinski definition) is 2. The maximum absolute atomic E-state index is 13.6. The summed E-state index contributed by atoms with van der Waals surface area (Å²) >= 11 is 6.18. The lowest BCUT2D eigenvalue weighted by Crippen LogP contribution is -2.27. The molecule has 0 aromatic heterocycles. The Morgan fingerprint density at radius 1 is 1.21 bits per heavy atom. The van der Waals surface area contributed by atoms with Crippen LogP contribution in [0.25, 0.3) is 0 Å². The van der Waals surface area contributed by atoms with Gasteiger partial charge in [-0.3, -0.25) is 0 Å². The second kappa shape index (κ2) is 5.68. The monoisotopic (exact) mass is 283 g/mol. The van der Waals surface area contributed by atoms with Crippen LogP contribution in [0.3, 0.4) is 0 Å². The zero-order valence-electron chi connectivity index (χ0n) is 10.9. The highest BCUT2D eigenvalue weighted by Crippen LogP contribution is 2.39. The Balaban J connectivity index is 1.85. The molecule has 1 heterocycles. The fraction of sp³-hybridized carbons (Fsp3) is 0.600. The van der Waals surface area contributed by atoms with Gasteiger partial charge in [-0.25, -0.2) is 4.39 Å². The quantitative estimate of drug-likeness (QED) is 0.909. The van der Waals surface area contributed by atoms with Crippen LogP contribution in [-0.2, 0) is 0 Å². The van der Waals surface area contributed by atoms with Crippen molar-refractivity contribution >= 4 is 11.6 Å².